The SMILES string of the molecule is COc1cc(CN2CCNCC23CCCCC3)cc(OC)c1. The lowest BCUT2D eigenvalue weighted by Crippen LogP contribution is -2.61. The van der Waals surface area contributed by atoms with Gasteiger partial charge in [-0.05, 0) is 30.5 Å². The average molecular weight is 304 g/mol. The second kappa shape index (κ2) is 6.88. The standard InChI is InChI=1S/C18H28N2O2/c1-21-16-10-15(11-17(12-16)22-2)13-20-9-8-19-14-18(20)6-4-3-5-7-18/h10-12,19H,3-9,13-14H2,1-2H3. The quantitative estimate of drug-likeness (QED) is 0.927. The number of ether oxygens (including phenoxy) is 2. The van der Waals surface area contributed by atoms with Crippen molar-refractivity contribution in [2.75, 3.05) is 33.9 Å². The molecule has 2 aliphatic rings. The van der Waals surface area contributed by atoms with Gasteiger partial charge in [-0.1, -0.05) is 19.3 Å². The third-order valence-electron chi connectivity index (χ3n) is 5.25. The Morgan fingerprint density at radius 1 is 1.05 bits per heavy atom. The van der Waals surface area contributed by atoms with Crippen LogP contribution in [-0.2, 0) is 6.54 Å². The van der Waals surface area contributed by atoms with Gasteiger partial charge in [0.15, 0.2) is 0 Å². The van der Waals surface area contributed by atoms with Crippen LogP contribution < -0.4 is 14.8 Å². The Morgan fingerprint density at radius 3 is 2.36 bits per heavy atom. The van der Waals surface area contributed by atoms with E-state index in [0.717, 1.165) is 37.7 Å². The van der Waals surface area contributed by atoms with Gasteiger partial charge in [0.05, 0.1) is 14.2 Å². The predicted octanol–water partition coefficient (Wildman–Crippen LogP) is 2.81. The van der Waals surface area contributed by atoms with Crippen LogP contribution in [0.25, 0.3) is 0 Å². The van der Waals surface area contributed by atoms with Crippen LogP contribution in [0, 0.1) is 0 Å². The number of methoxy groups -OCH3 is 2. The highest BCUT2D eigenvalue weighted by molar-refractivity contribution is 5.38. The number of hydrogen-bond acceptors (Lipinski definition) is 4. The summed E-state index contributed by atoms with van der Waals surface area (Å²) in [5, 5.41) is 3.62. The first-order chi connectivity index (χ1) is 10.8. The fourth-order valence-electron chi connectivity index (χ4n) is 4.01. The van der Waals surface area contributed by atoms with Gasteiger partial charge in [-0.15, -0.1) is 0 Å². The smallest absolute Gasteiger partial charge is 0.122 e. The Balaban J connectivity index is 1.80. The maximum absolute atomic E-state index is 5.41. The summed E-state index contributed by atoms with van der Waals surface area (Å²) in [5.74, 6) is 1.75. The first-order valence-corrected chi connectivity index (χ1v) is 8.43. The van der Waals surface area contributed by atoms with E-state index in [1.807, 2.05) is 6.07 Å². The second-order valence-corrected chi connectivity index (χ2v) is 6.60. The summed E-state index contributed by atoms with van der Waals surface area (Å²) in [6.07, 6.45) is 6.75. The minimum atomic E-state index is 0.354. The Bertz CT molecular complexity index is 467. The highest BCUT2D eigenvalue weighted by Gasteiger charge is 2.39. The Labute approximate surface area is 133 Å². The fraction of sp³-hybridized carbons (Fsp3) is 0.667. The van der Waals surface area contributed by atoms with Crippen molar-refractivity contribution in [2.24, 2.45) is 0 Å². The summed E-state index contributed by atoms with van der Waals surface area (Å²) in [5.41, 5.74) is 1.63. The van der Waals surface area contributed by atoms with Crippen LogP contribution in [0.3, 0.4) is 0 Å². The molecular weight excluding hydrogens is 276 g/mol. The molecular formula is C18H28N2O2. The Kier molecular flexibility index (Phi) is 4.89. The lowest BCUT2D eigenvalue weighted by atomic mass is 9.79. The third kappa shape index (κ3) is 3.23. The number of rotatable bonds is 4. The molecule has 1 aliphatic carbocycles. The number of nitrogens with one attached hydrogen (secondary N) is 1. The molecule has 1 saturated heterocycles. The molecule has 4 heteroatoms. The molecule has 0 radical (unpaired) electrons. The number of piperazine rings is 1. The lowest BCUT2D eigenvalue weighted by molar-refractivity contribution is 0.0208. The van der Waals surface area contributed by atoms with Crippen LogP contribution in [-0.4, -0.2) is 44.3 Å². The zero-order valence-corrected chi connectivity index (χ0v) is 13.9. The van der Waals surface area contributed by atoms with Crippen molar-refractivity contribution >= 4 is 0 Å². The maximum Gasteiger partial charge on any atom is 0.122 e. The third-order valence-corrected chi connectivity index (χ3v) is 5.25. The molecule has 1 spiro atoms. The number of nitrogens with zero attached hydrogens (tertiary/aromatic N) is 1. The van der Waals surface area contributed by atoms with Gasteiger partial charge in [-0.3, -0.25) is 4.90 Å². The lowest BCUT2D eigenvalue weighted by Gasteiger charge is -2.50. The predicted molar refractivity (Wildman–Crippen MR) is 88.6 cm³/mol. The Hall–Kier alpha value is -1.26. The van der Waals surface area contributed by atoms with Crippen LogP contribution in [0.1, 0.15) is 37.7 Å². The summed E-state index contributed by atoms with van der Waals surface area (Å²) >= 11 is 0. The van der Waals surface area contributed by atoms with Crippen molar-refractivity contribution in [1.29, 1.82) is 0 Å². The molecule has 0 atom stereocenters. The molecule has 1 saturated carbocycles. The van der Waals surface area contributed by atoms with E-state index in [4.69, 9.17) is 9.47 Å². The molecule has 0 aromatic heterocycles. The molecule has 1 aromatic rings. The van der Waals surface area contributed by atoms with Gasteiger partial charge in [-0.25, -0.2) is 0 Å². The van der Waals surface area contributed by atoms with Crippen LogP contribution in [0.15, 0.2) is 18.2 Å². The summed E-state index contributed by atoms with van der Waals surface area (Å²) in [7, 11) is 3.43. The van der Waals surface area contributed by atoms with Crippen molar-refractivity contribution in [3.8, 4) is 11.5 Å². The van der Waals surface area contributed by atoms with Gasteiger partial charge >= 0.3 is 0 Å². The first kappa shape index (κ1) is 15.6. The van der Waals surface area contributed by atoms with E-state index in [-0.39, 0.29) is 0 Å². The van der Waals surface area contributed by atoms with E-state index in [1.165, 1.54) is 37.7 Å². The van der Waals surface area contributed by atoms with E-state index < -0.39 is 0 Å². The summed E-state index contributed by atoms with van der Waals surface area (Å²) < 4.78 is 10.8. The normalized spacial score (nSPS) is 21.7. The molecule has 2 fully saturated rings. The Morgan fingerprint density at radius 2 is 1.73 bits per heavy atom. The van der Waals surface area contributed by atoms with E-state index in [9.17, 15) is 0 Å². The molecule has 1 aliphatic heterocycles. The number of benzene rings is 1. The van der Waals surface area contributed by atoms with Crippen molar-refractivity contribution in [2.45, 2.75) is 44.2 Å². The maximum atomic E-state index is 5.41. The minimum Gasteiger partial charge on any atom is -0.497 e. The summed E-state index contributed by atoms with van der Waals surface area (Å²) in [4.78, 5) is 2.69. The molecule has 0 amide bonds. The first-order valence-electron chi connectivity index (χ1n) is 8.43. The van der Waals surface area contributed by atoms with E-state index >= 15 is 0 Å². The van der Waals surface area contributed by atoms with Gasteiger partial charge in [0.25, 0.3) is 0 Å². The fourth-order valence-corrected chi connectivity index (χ4v) is 4.01. The molecule has 22 heavy (non-hydrogen) atoms. The largest absolute Gasteiger partial charge is 0.497 e. The average Bonchev–Trinajstić information content (AvgIpc) is 2.57. The van der Waals surface area contributed by atoms with Gasteiger partial charge in [0, 0.05) is 37.8 Å². The van der Waals surface area contributed by atoms with Crippen molar-refractivity contribution in [3.05, 3.63) is 23.8 Å². The minimum absolute atomic E-state index is 0.354. The molecule has 4 nitrogen and oxygen atoms in total. The number of hydrogen-bond donors (Lipinski definition) is 1. The van der Waals surface area contributed by atoms with Crippen LogP contribution in [0.4, 0.5) is 0 Å². The zero-order valence-electron chi connectivity index (χ0n) is 13.9. The van der Waals surface area contributed by atoms with Crippen LogP contribution >= 0.6 is 0 Å². The van der Waals surface area contributed by atoms with E-state index in [0.29, 0.717) is 5.54 Å². The van der Waals surface area contributed by atoms with E-state index in [1.54, 1.807) is 14.2 Å². The van der Waals surface area contributed by atoms with Crippen molar-refractivity contribution in [1.82, 2.24) is 10.2 Å². The monoisotopic (exact) mass is 304 g/mol. The van der Waals surface area contributed by atoms with Gasteiger partial charge < -0.3 is 14.8 Å². The molecule has 0 unspecified atom stereocenters. The highest BCUT2D eigenvalue weighted by atomic mass is 16.5. The molecule has 1 aromatic carbocycles. The molecule has 0 bridgehead atoms. The molecule has 1 heterocycles. The van der Waals surface area contributed by atoms with Crippen molar-refractivity contribution in [3.63, 3.8) is 0 Å². The molecule has 1 N–H and O–H groups in total. The van der Waals surface area contributed by atoms with Crippen LogP contribution in [0.5, 0.6) is 11.5 Å². The van der Waals surface area contributed by atoms with Crippen LogP contribution in [0.2, 0.25) is 0 Å². The van der Waals surface area contributed by atoms with E-state index in [2.05, 4.69) is 22.3 Å². The van der Waals surface area contributed by atoms with Crippen molar-refractivity contribution < 1.29 is 9.47 Å². The molecule has 122 valence electrons. The van der Waals surface area contributed by atoms with Gasteiger partial charge in [0.1, 0.15) is 11.5 Å². The highest BCUT2D eigenvalue weighted by Crippen LogP contribution is 2.36. The second-order valence-electron chi connectivity index (χ2n) is 6.60. The van der Waals surface area contributed by atoms with Gasteiger partial charge in [-0.2, -0.15) is 0 Å². The topological polar surface area (TPSA) is 33.7 Å². The molecule has 3 rings (SSSR count). The van der Waals surface area contributed by atoms with Gasteiger partial charge in [0.2, 0.25) is 0 Å². The zero-order chi connectivity index (χ0) is 15.4. The summed E-state index contributed by atoms with van der Waals surface area (Å²) in [6, 6.07) is 6.22. The summed E-state index contributed by atoms with van der Waals surface area (Å²) in [6.45, 7) is 4.33.